The molecule has 0 spiro atoms. The zero-order valence-corrected chi connectivity index (χ0v) is 10.5. The smallest absolute Gasteiger partial charge is 0.115 e. The summed E-state index contributed by atoms with van der Waals surface area (Å²) in [5.41, 5.74) is 2.80. The summed E-state index contributed by atoms with van der Waals surface area (Å²) < 4.78 is 0. The second-order valence-corrected chi connectivity index (χ2v) is 4.92. The van der Waals surface area contributed by atoms with Crippen molar-refractivity contribution in [1.82, 2.24) is 15.3 Å². The lowest BCUT2D eigenvalue weighted by molar-refractivity contribution is 0.460. The Morgan fingerprint density at radius 2 is 1.78 bits per heavy atom. The molecule has 2 aromatic rings. The third-order valence-corrected chi connectivity index (χ3v) is 3.89. The van der Waals surface area contributed by atoms with E-state index in [-0.39, 0.29) is 5.41 Å². The molecule has 0 amide bonds. The molecule has 1 aliphatic carbocycles. The van der Waals surface area contributed by atoms with Gasteiger partial charge >= 0.3 is 0 Å². The van der Waals surface area contributed by atoms with Crippen molar-refractivity contribution in [3.05, 3.63) is 60.2 Å². The van der Waals surface area contributed by atoms with E-state index in [1.54, 1.807) is 6.33 Å². The fraction of sp³-hybridized carbons (Fsp3) is 0.333. The number of hydrogen-bond acceptors (Lipinski definition) is 3. The highest BCUT2D eigenvalue weighted by Gasteiger charge is 2.50. The van der Waals surface area contributed by atoms with Crippen LogP contribution in [0.2, 0.25) is 0 Å². The summed E-state index contributed by atoms with van der Waals surface area (Å²) in [6.45, 7) is 0. The average molecular weight is 239 g/mol. The van der Waals surface area contributed by atoms with Crippen LogP contribution >= 0.6 is 0 Å². The Hall–Kier alpha value is -1.74. The van der Waals surface area contributed by atoms with E-state index in [4.69, 9.17) is 0 Å². The Labute approximate surface area is 107 Å². The first-order valence-electron chi connectivity index (χ1n) is 6.34. The molecule has 1 N–H and O–H groups in total. The van der Waals surface area contributed by atoms with Gasteiger partial charge in [0, 0.05) is 29.4 Å². The first-order valence-corrected chi connectivity index (χ1v) is 6.34. The Morgan fingerprint density at radius 1 is 1.11 bits per heavy atom. The van der Waals surface area contributed by atoms with E-state index in [2.05, 4.69) is 45.6 Å². The standard InChI is InChI=1S/C15H17N3/c1-16-14(12-9-17-11-18-10-12)15(7-8-15)13-5-3-2-4-6-13/h2-6,9-11,14,16H,7-8H2,1H3. The molecule has 1 atom stereocenters. The van der Waals surface area contributed by atoms with Crippen LogP contribution in [0.5, 0.6) is 0 Å². The van der Waals surface area contributed by atoms with Gasteiger partial charge in [0.05, 0.1) is 0 Å². The molecule has 18 heavy (non-hydrogen) atoms. The third-order valence-electron chi connectivity index (χ3n) is 3.89. The summed E-state index contributed by atoms with van der Waals surface area (Å²) in [5.74, 6) is 0. The molecule has 1 unspecified atom stereocenters. The lowest BCUT2D eigenvalue weighted by Gasteiger charge is -2.27. The highest BCUT2D eigenvalue weighted by molar-refractivity contribution is 5.37. The molecule has 0 saturated heterocycles. The van der Waals surface area contributed by atoms with Gasteiger partial charge in [-0.2, -0.15) is 0 Å². The maximum absolute atomic E-state index is 4.14. The number of likely N-dealkylation sites (N-methyl/N-ethyl adjacent to an activating group) is 1. The normalized spacial score (nSPS) is 18.3. The Morgan fingerprint density at radius 3 is 2.33 bits per heavy atom. The quantitative estimate of drug-likeness (QED) is 0.890. The van der Waals surface area contributed by atoms with Crippen molar-refractivity contribution in [1.29, 1.82) is 0 Å². The molecule has 0 bridgehead atoms. The van der Waals surface area contributed by atoms with Gasteiger partial charge in [-0.3, -0.25) is 0 Å². The molecule has 1 fully saturated rings. The number of benzene rings is 1. The molecule has 3 heteroatoms. The van der Waals surface area contributed by atoms with Crippen LogP contribution in [0.3, 0.4) is 0 Å². The molecule has 0 aliphatic heterocycles. The molecule has 1 heterocycles. The summed E-state index contributed by atoms with van der Waals surface area (Å²) in [4.78, 5) is 8.27. The highest BCUT2D eigenvalue weighted by atomic mass is 14.9. The molecule has 3 rings (SSSR count). The predicted octanol–water partition coefficient (Wildman–Crippen LogP) is 2.47. The zero-order chi connectivity index (χ0) is 12.4. The molecule has 92 valence electrons. The monoisotopic (exact) mass is 239 g/mol. The van der Waals surface area contributed by atoms with Gasteiger partial charge in [-0.25, -0.2) is 9.97 Å². The molecule has 0 radical (unpaired) electrons. The summed E-state index contributed by atoms with van der Waals surface area (Å²) in [6.07, 6.45) is 7.85. The van der Waals surface area contributed by atoms with E-state index in [1.165, 1.54) is 24.0 Å². The van der Waals surface area contributed by atoms with E-state index >= 15 is 0 Å². The molecule has 1 aliphatic rings. The lowest BCUT2D eigenvalue weighted by atomic mass is 9.85. The van der Waals surface area contributed by atoms with Crippen LogP contribution in [0.25, 0.3) is 0 Å². The van der Waals surface area contributed by atoms with Crippen LogP contribution in [-0.4, -0.2) is 17.0 Å². The topological polar surface area (TPSA) is 37.8 Å². The summed E-state index contributed by atoms with van der Waals surface area (Å²) in [5, 5.41) is 3.44. The van der Waals surface area contributed by atoms with Crippen LogP contribution in [0.4, 0.5) is 0 Å². The first-order chi connectivity index (χ1) is 8.87. The van der Waals surface area contributed by atoms with E-state index in [1.807, 2.05) is 19.4 Å². The lowest BCUT2D eigenvalue weighted by Crippen LogP contribution is -2.29. The SMILES string of the molecule is CNC(c1cncnc1)C1(c2ccccc2)CC1. The summed E-state index contributed by atoms with van der Waals surface area (Å²) in [6, 6.07) is 11.0. The summed E-state index contributed by atoms with van der Waals surface area (Å²) in [7, 11) is 2.01. The molecular weight excluding hydrogens is 222 g/mol. The maximum atomic E-state index is 4.14. The average Bonchev–Trinajstić information content (AvgIpc) is 3.24. The van der Waals surface area contributed by atoms with Crippen molar-refractivity contribution in [2.24, 2.45) is 0 Å². The number of aromatic nitrogens is 2. The molecule has 1 aromatic carbocycles. The van der Waals surface area contributed by atoms with Gasteiger partial charge in [0.25, 0.3) is 0 Å². The van der Waals surface area contributed by atoms with Crippen molar-refractivity contribution in [2.45, 2.75) is 24.3 Å². The molecule has 1 saturated carbocycles. The fourth-order valence-electron chi connectivity index (χ4n) is 2.87. The van der Waals surface area contributed by atoms with E-state index in [0.29, 0.717) is 6.04 Å². The minimum atomic E-state index is 0.223. The highest BCUT2D eigenvalue weighted by Crippen LogP contribution is 2.56. The predicted molar refractivity (Wildman–Crippen MR) is 71.2 cm³/mol. The molecular formula is C15H17N3. The number of nitrogens with one attached hydrogen (secondary N) is 1. The van der Waals surface area contributed by atoms with Gasteiger partial charge in [-0.05, 0) is 25.5 Å². The van der Waals surface area contributed by atoms with Crippen molar-refractivity contribution in [2.75, 3.05) is 7.05 Å². The van der Waals surface area contributed by atoms with E-state index < -0.39 is 0 Å². The van der Waals surface area contributed by atoms with Crippen molar-refractivity contribution < 1.29 is 0 Å². The van der Waals surface area contributed by atoms with Crippen LogP contribution in [0.1, 0.15) is 30.0 Å². The van der Waals surface area contributed by atoms with E-state index in [0.717, 1.165) is 0 Å². The van der Waals surface area contributed by atoms with Crippen LogP contribution < -0.4 is 5.32 Å². The van der Waals surface area contributed by atoms with E-state index in [9.17, 15) is 0 Å². The minimum absolute atomic E-state index is 0.223. The van der Waals surface area contributed by atoms with Crippen molar-refractivity contribution in [3.8, 4) is 0 Å². The fourth-order valence-corrected chi connectivity index (χ4v) is 2.87. The van der Waals surface area contributed by atoms with Gasteiger partial charge in [0.15, 0.2) is 0 Å². The Bertz CT molecular complexity index is 506. The number of rotatable bonds is 4. The summed E-state index contributed by atoms with van der Waals surface area (Å²) >= 11 is 0. The largest absolute Gasteiger partial charge is 0.312 e. The van der Waals surface area contributed by atoms with Crippen LogP contribution in [0.15, 0.2) is 49.1 Å². The van der Waals surface area contributed by atoms with Gasteiger partial charge in [0.2, 0.25) is 0 Å². The van der Waals surface area contributed by atoms with Gasteiger partial charge in [-0.15, -0.1) is 0 Å². The second kappa shape index (κ2) is 4.50. The van der Waals surface area contributed by atoms with Crippen molar-refractivity contribution >= 4 is 0 Å². The maximum Gasteiger partial charge on any atom is 0.115 e. The first kappa shape index (κ1) is 11.4. The molecule has 3 nitrogen and oxygen atoms in total. The Kier molecular flexibility index (Phi) is 2.84. The zero-order valence-electron chi connectivity index (χ0n) is 10.5. The number of hydrogen-bond donors (Lipinski definition) is 1. The van der Waals surface area contributed by atoms with Gasteiger partial charge in [-0.1, -0.05) is 30.3 Å². The van der Waals surface area contributed by atoms with Crippen LogP contribution in [-0.2, 0) is 5.41 Å². The number of nitrogens with zero attached hydrogens (tertiary/aromatic N) is 2. The van der Waals surface area contributed by atoms with Crippen molar-refractivity contribution in [3.63, 3.8) is 0 Å². The Balaban J connectivity index is 1.98. The molecule has 1 aromatic heterocycles. The van der Waals surface area contributed by atoms with Gasteiger partial charge < -0.3 is 5.32 Å². The second-order valence-electron chi connectivity index (χ2n) is 4.92. The third kappa shape index (κ3) is 1.81. The van der Waals surface area contributed by atoms with Gasteiger partial charge in [0.1, 0.15) is 6.33 Å². The minimum Gasteiger partial charge on any atom is -0.312 e. The van der Waals surface area contributed by atoms with Crippen LogP contribution in [0, 0.1) is 0 Å².